The minimum atomic E-state index is -0.744. The smallest absolute Gasteiger partial charge is 0.151 e. The summed E-state index contributed by atoms with van der Waals surface area (Å²) in [6.45, 7) is 2.55. The molecule has 4 heteroatoms. The molecule has 19 heavy (non-hydrogen) atoms. The van der Waals surface area contributed by atoms with E-state index in [9.17, 15) is 8.78 Å². The van der Waals surface area contributed by atoms with Crippen LogP contribution in [0.15, 0.2) is 36.4 Å². The zero-order valence-electron chi connectivity index (χ0n) is 10.7. The molecule has 0 heterocycles. The molecule has 3 N–H and O–H groups in total. The van der Waals surface area contributed by atoms with Crippen molar-refractivity contribution in [2.45, 2.75) is 19.9 Å². The van der Waals surface area contributed by atoms with E-state index in [1.165, 1.54) is 11.6 Å². The van der Waals surface area contributed by atoms with Gasteiger partial charge in [-0.2, -0.15) is 0 Å². The molecule has 0 spiro atoms. The minimum Gasteiger partial charge on any atom is -0.395 e. The largest absolute Gasteiger partial charge is 0.395 e. The van der Waals surface area contributed by atoms with Crippen molar-refractivity contribution >= 4 is 11.4 Å². The summed E-state index contributed by atoms with van der Waals surface area (Å²) in [5.41, 5.74) is 8.09. The van der Waals surface area contributed by atoms with Crippen LogP contribution in [0, 0.1) is 11.6 Å². The topological polar surface area (TPSA) is 38.0 Å². The van der Waals surface area contributed by atoms with E-state index < -0.39 is 11.6 Å². The van der Waals surface area contributed by atoms with Crippen molar-refractivity contribution in [1.29, 1.82) is 0 Å². The van der Waals surface area contributed by atoms with E-state index >= 15 is 0 Å². The summed E-state index contributed by atoms with van der Waals surface area (Å²) in [6, 6.07) is 9.90. The van der Waals surface area contributed by atoms with Gasteiger partial charge in [0.15, 0.2) is 5.82 Å². The number of hydrogen-bond donors (Lipinski definition) is 2. The van der Waals surface area contributed by atoms with Gasteiger partial charge in [-0.1, -0.05) is 31.2 Å². The van der Waals surface area contributed by atoms with Gasteiger partial charge in [-0.25, -0.2) is 8.78 Å². The third-order valence-corrected chi connectivity index (χ3v) is 3.06. The summed E-state index contributed by atoms with van der Waals surface area (Å²) in [5, 5.41) is 2.98. The molecule has 2 aromatic rings. The maximum absolute atomic E-state index is 13.3. The fourth-order valence-corrected chi connectivity index (χ4v) is 2.00. The fourth-order valence-electron chi connectivity index (χ4n) is 2.00. The van der Waals surface area contributed by atoms with E-state index in [1.807, 2.05) is 24.3 Å². The molecule has 0 bridgehead atoms. The monoisotopic (exact) mass is 262 g/mol. The van der Waals surface area contributed by atoms with Crippen LogP contribution in [-0.2, 0) is 13.0 Å². The number of anilines is 2. The number of halogens is 2. The molecule has 0 saturated carbocycles. The van der Waals surface area contributed by atoms with Crippen LogP contribution in [0.1, 0.15) is 18.1 Å². The molecule has 0 amide bonds. The highest BCUT2D eigenvalue weighted by Gasteiger charge is 2.08. The first-order valence-corrected chi connectivity index (χ1v) is 6.17. The van der Waals surface area contributed by atoms with Crippen molar-refractivity contribution in [2.75, 3.05) is 11.1 Å². The number of nitrogens with two attached hydrogens (primary N) is 1. The second-order valence-electron chi connectivity index (χ2n) is 4.32. The average molecular weight is 262 g/mol. The highest BCUT2D eigenvalue weighted by Crippen LogP contribution is 2.24. The Balaban J connectivity index is 2.19. The molecule has 0 atom stereocenters. The van der Waals surface area contributed by atoms with Crippen molar-refractivity contribution in [3.8, 4) is 0 Å². The van der Waals surface area contributed by atoms with Crippen molar-refractivity contribution in [3.63, 3.8) is 0 Å². The van der Waals surface area contributed by atoms with Crippen molar-refractivity contribution in [2.24, 2.45) is 0 Å². The molecular weight excluding hydrogens is 246 g/mol. The molecule has 0 aromatic heterocycles. The third-order valence-electron chi connectivity index (χ3n) is 3.06. The number of nitrogen functional groups attached to an aromatic ring is 1. The molecule has 0 radical (unpaired) electrons. The van der Waals surface area contributed by atoms with Crippen LogP contribution in [0.5, 0.6) is 0 Å². The van der Waals surface area contributed by atoms with E-state index in [1.54, 1.807) is 0 Å². The van der Waals surface area contributed by atoms with E-state index in [-0.39, 0.29) is 11.4 Å². The third kappa shape index (κ3) is 3.02. The van der Waals surface area contributed by atoms with Gasteiger partial charge in [0.1, 0.15) is 5.82 Å². The predicted octanol–water partition coefficient (Wildman–Crippen LogP) is 3.72. The maximum atomic E-state index is 13.3. The van der Waals surface area contributed by atoms with Crippen LogP contribution in [0.2, 0.25) is 0 Å². The number of aryl methyl sites for hydroxylation is 1. The lowest BCUT2D eigenvalue weighted by atomic mass is 10.1. The van der Waals surface area contributed by atoms with Crippen LogP contribution in [0.4, 0.5) is 20.2 Å². The van der Waals surface area contributed by atoms with Crippen molar-refractivity contribution < 1.29 is 8.78 Å². The summed E-state index contributed by atoms with van der Waals surface area (Å²) < 4.78 is 26.4. The Kier molecular flexibility index (Phi) is 4.00. The summed E-state index contributed by atoms with van der Waals surface area (Å²) in [4.78, 5) is 0. The number of rotatable bonds is 4. The first-order chi connectivity index (χ1) is 9.11. The van der Waals surface area contributed by atoms with Crippen molar-refractivity contribution in [1.82, 2.24) is 0 Å². The Bertz CT molecular complexity index is 582. The summed E-state index contributed by atoms with van der Waals surface area (Å²) >= 11 is 0. The Labute approximate surface area is 111 Å². The Morgan fingerprint density at radius 1 is 1.11 bits per heavy atom. The highest BCUT2D eigenvalue weighted by atomic mass is 19.1. The average Bonchev–Trinajstić information content (AvgIpc) is 2.41. The Morgan fingerprint density at radius 3 is 2.47 bits per heavy atom. The van der Waals surface area contributed by atoms with Gasteiger partial charge in [0, 0.05) is 12.6 Å². The van der Waals surface area contributed by atoms with Crippen LogP contribution in [0.3, 0.4) is 0 Å². The number of hydrogen-bond acceptors (Lipinski definition) is 2. The van der Waals surface area contributed by atoms with Gasteiger partial charge in [-0.05, 0) is 23.6 Å². The van der Waals surface area contributed by atoms with E-state index in [0.717, 1.165) is 18.1 Å². The highest BCUT2D eigenvalue weighted by molar-refractivity contribution is 5.66. The van der Waals surface area contributed by atoms with Gasteiger partial charge in [-0.15, -0.1) is 0 Å². The molecule has 2 rings (SSSR count). The second kappa shape index (κ2) is 5.69. The Hall–Kier alpha value is -2.10. The second-order valence-corrected chi connectivity index (χ2v) is 4.32. The lowest BCUT2D eigenvalue weighted by Gasteiger charge is -2.12. The molecule has 0 aliphatic rings. The summed E-state index contributed by atoms with van der Waals surface area (Å²) in [7, 11) is 0. The molecule has 2 nitrogen and oxygen atoms in total. The first-order valence-electron chi connectivity index (χ1n) is 6.17. The molecular formula is C15H16F2N2. The molecule has 0 aliphatic heterocycles. The van der Waals surface area contributed by atoms with Crippen LogP contribution in [0.25, 0.3) is 0 Å². The fraction of sp³-hybridized carbons (Fsp3) is 0.200. The normalized spacial score (nSPS) is 10.5. The summed E-state index contributed by atoms with van der Waals surface area (Å²) in [5.74, 6) is -1.38. The number of nitrogens with one attached hydrogen (secondary N) is 1. The van der Waals surface area contributed by atoms with E-state index in [0.29, 0.717) is 6.54 Å². The predicted molar refractivity (Wildman–Crippen MR) is 73.9 cm³/mol. The van der Waals surface area contributed by atoms with Crippen LogP contribution < -0.4 is 11.1 Å². The minimum absolute atomic E-state index is 0.0598. The van der Waals surface area contributed by atoms with Gasteiger partial charge in [0.25, 0.3) is 0 Å². The molecule has 2 aromatic carbocycles. The number of benzene rings is 2. The lowest BCUT2D eigenvalue weighted by molar-refractivity contribution is 0.587. The standard InChI is InChI=1S/C15H16F2N2/c1-2-10-5-3-4-6-11(10)9-19-14-8-12(16)7-13(17)15(14)18/h3-8,19H,2,9,18H2,1H3. The summed E-state index contributed by atoms with van der Waals surface area (Å²) in [6.07, 6.45) is 0.908. The van der Waals surface area contributed by atoms with Crippen LogP contribution >= 0.6 is 0 Å². The first kappa shape index (κ1) is 13.3. The SMILES string of the molecule is CCc1ccccc1CNc1cc(F)cc(F)c1N. The zero-order valence-corrected chi connectivity index (χ0v) is 10.7. The zero-order chi connectivity index (χ0) is 13.8. The molecule has 0 aliphatic carbocycles. The van der Waals surface area contributed by atoms with Crippen LogP contribution in [-0.4, -0.2) is 0 Å². The van der Waals surface area contributed by atoms with Gasteiger partial charge in [-0.3, -0.25) is 0 Å². The molecule has 0 unspecified atom stereocenters. The van der Waals surface area contributed by atoms with Gasteiger partial charge >= 0.3 is 0 Å². The Morgan fingerprint density at radius 2 is 1.79 bits per heavy atom. The maximum Gasteiger partial charge on any atom is 0.151 e. The van der Waals surface area contributed by atoms with E-state index in [2.05, 4.69) is 12.2 Å². The molecule has 100 valence electrons. The van der Waals surface area contributed by atoms with Crippen molar-refractivity contribution in [3.05, 3.63) is 59.2 Å². The molecule has 0 saturated heterocycles. The quantitative estimate of drug-likeness (QED) is 0.824. The van der Waals surface area contributed by atoms with Gasteiger partial charge in [0.2, 0.25) is 0 Å². The van der Waals surface area contributed by atoms with E-state index in [4.69, 9.17) is 5.73 Å². The van der Waals surface area contributed by atoms with Gasteiger partial charge < -0.3 is 11.1 Å². The molecule has 0 fully saturated rings. The van der Waals surface area contributed by atoms with Gasteiger partial charge in [0.05, 0.1) is 11.4 Å². The lowest BCUT2D eigenvalue weighted by Crippen LogP contribution is -2.06.